The molecule has 2 rings (SSSR count). The first-order valence-electron chi connectivity index (χ1n) is 6.56. The quantitative estimate of drug-likeness (QED) is 0.807. The molecule has 0 saturated carbocycles. The fourth-order valence-electron chi connectivity index (χ4n) is 2.09. The maximum absolute atomic E-state index is 11.3. The summed E-state index contributed by atoms with van der Waals surface area (Å²) in [6, 6.07) is 8.57. The van der Waals surface area contributed by atoms with E-state index in [1.807, 2.05) is 11.8 Å². The van der Waals surface area contributed by atoms with Crippen LogP contribution in [0, 0.1) is 0 Å². The van der Waals surface area contributed by atoms with Crippen LogP contribution in [0.4, 0.5) is 4.79 Å². The van der Waals surface area contributed by atoms with Crippen LogP contribution in [0.25, 0.3) is 0 Å². The maximum atomic E-state index is 11.3. The second-order valence-corrected chi connectivity index (χ2v) is 5.94. The average Bonchev–Trinajstić information content (AvgIpc) is 2.81. The molecule has 1 heterocycles. The van der Waals surface area contributed by atoms with E-state index >= 15 is 0 Å². The number of urea groups is 1. The van der Waals surface area contributed by atoms with Crippen LogP contribution in [0.3, 0.4) is 0 Å². The van der Waals surface area contributed by atoms with Crippen LogP contribution in [-0.4, -0.2) is 50.4 Å². The topological polar surface area (TPSA) is 44.4 Å². The highest BCUT2D eigenvalue weighted by atomic mass is 32.2. The predicted molar refractivity (Wildman–Crippen MR) is 79.9 cm³/mol. The Morgan fingerprint density at radius 1 is 1.37 bits per heavy atom. The highest BCUT2D eigenvalue weighted by molar-refractivity contribution is 7.99. The highest BCUT2D eigenvalue weighted by Crippen LogP contribution is 2.38. The number of amides is 2. The summed E-state index contributed by atoms with van der Waals surface area (Å²) in [5.74, 6) is 1.74. The van der Waals surface area contributed by atoms with Gasteiger partial charge >= 0.3 is 6.03 Å². The lowest BCUT2D eigenvalue weighted by molar-refractivity contribution is 0.217. The van der Waals surface area contributed by atoms with Crippen LogP contribution in [0.5, 0.6) is 0 Å². The van der Waals surface area contributed by atoms with Gasteiger partial charge in [-0.3, -0.25) is 0 Å². The van der Waals surface area contributed by atoms with Gasteiger partial charge in [0, 0.05) is 50.3 Å². The molecule has 2 amide bonds. The van der Waals surface area contributed by atoms with Crippen LogP contribution >= 0.6 is 11.8 Å². The molecule has 4 nitrogen and oxygen atoms in total. The summed E-state index contributed by atoms with van der Waals surface area (Å²) < 4.78 is 0. The normalized spacial score (nSPS) is 17.1. The zero-order chi connectivity index (χ0) is 13.7. The van der Waals surface area contributed by atoms with Crippen LogP contribution in [0.15, 0.2) is 29.2 Å². The molecule has 0 spiro atoms. The van der Waals surface area contributed by atoms with Gasteiger partial charge in [-0.1, -0.05) is 18.2 Å². The molecule has 1 unspecified atom stereocenters. The van der Waals surface area contributed by atoms with Gasteiger partial charge in [0.2, 0.25) is 0 Å². The van der Waals surface area contributed by atoms with E-state index in [0.717, 1.165) is 18.8 Å². The molecule has 0 saturated heterocycles. The molecule has 1 aromatic carbocycles. The van der Waals surface area contributed by atoms with E-state index in [4.69, 9.17) is 0 Å². The van der Waals surface area contributed by atoms with E-state index < -0.39 is 0 Å². The third-order valence-corrected chi connectivity index (χ3v) is 4.43. The fourth-order valence-corrected chi connectivity index (χ4v) is 3.34. The van der Waals surface area contributed by atoms with Crippen molar-refractivity contribution in [1.82, 2.24) is 15.5 Å². The third-order valence-electron chi connectivity index (χ3n) is 3.17. The van der Waals surface area contributed by atoms with Crippen molar-refractivity contribution in [2.45, 2.75) is 10.8 Å². The number of nitrogens with zero attached hydrogens (tertiary/aromatic N) is 1. The molecule has 0 fully saturated rings. The molecule has 0 bridgehead atoms. The zero-order valence-corrected chi connectivity index (χ0v) is 12.3. The molecule has 2 N–H and O–H groups in total. The summed E-state index contributed by atoms with van der Waals surface area (Å²) in [4.78, 5) is 14.3. The fraction of sp³-hybridized carbons (Fsp3) is 0.500. The summed E-state index contributed by atoms with van der Waals surface area (Å²) in [5.41, 5.74) is 1.46. The number of fused-ring (bicyclic) bond motifs is 1. The van der Waals surface area contributed by atoms with Gasteiger partial charge in [0.05, 0.1) is 0 Å². The Balaban J connectivity index is 1.66. The number of benzene rings is 1. The first kappa shape index (κ1) is 14.2. The minimum absolute atomic E-state index is 0.0384. The average molecular weight is 279 g/mol. The van der Waals surface area contributed by atoms with Crippen LogP contribution in [-0.2, 0) is 0 Å². The molecular formula is C14H21N3OS. The SMILES string of the molecule is CN(C)C(=O)NCCNCC1CSc2ccccc21. The van der Waals surface area contributed by atoms with E-state index in [1.54, 1.807) is 19.0 Å². The van der Waals surface area contributed by atoms with Crippen molar-refractivity contribution in [2.24, 2.45) is 0 Å². The molecule has 104 valence electrons. The van der Waals surface area contributed by atoms with Gasteiger partial charge in [-0.15, -0.1) is 11.8 Å². The molecule has 0 aromatic heterocycles. The lowest BCUT2D eigenvalue weighted by atomic mass is 10.0. The van der Waals surface area contributed by atoms with Gasteiger partial charge in [0.25, 0.3) is 0 Å². The Kier molecular flexibility index (Phi) is 5.10. The van der Waals surface area contributed by atoms with Gasteiger partial charge in [-0.2, -0.15) is 0 Å². The van der Waals surface area contributed by atoms with E-state index in [2.05, 4.69) is 34.9 Å². The van der Waals surface area contributed by atoms with E-state index in [-0.39, 0.29) is 6.03 Å². The van der Waals surface area contributed by atoms with E-state index in [0.29, 0.717) is 12.5 Å². The Labute approximate surface area is 118 Å². The van der Waals surface area contributed by atoms with Gasteiger partial charge in [-0.25, -0.2) is 4.79 Å². The summed E-state index contributed by atoms with van der Waals surface area (Å²) >= 11 is 1.93. The molecule has 0 aliphatic carbocycles. The molecule has 1 aromatic rings. The van der Waals surface area contributed by atoms with Gasteiger partial charge in [0.15, 0.2) is 0 Å². The number of thioether (sulfide) groups is 1. The Morgan fingerprint density at radius 3 is 2.95 bits per heavy atom. The Hall–Kier alpha value is -1.20. The molecular weight excluding hydrogens is 258 g/mol. The van der Waals surface area contributed by atoms with Crippen molar-refractivity contribution in [1.29, 1.82) is 0 Å². The second kappa shape index (κ2) is 6.82. The van der Waals surface area contributed by atoms with Crippen molar-refractivity contribution >= 4 is 17.8 Å². The van der Waals surface area contributed by atoms with Crippen LogP contribution < -0.4 is 10.6 Å². The van der Waals surface area contributed by atoms with Crippen molar-refractivity contribution in [2.75, 3.05) is 39.5 Å². The smallest absolute Gasteiger partial charge is 0.316 e. The number of carbonyl (C=O) groups is 1. The zero-order valence-electron chi connectivity index (χ0n) is 11.5. The lowest BCUT2D eigenvalue weighted by Crippen LogP contribution is -2.39. The number of rotatable bonds is 5. The monoisotopic (exact) mass is 279 g/mol. The first-order chi connectivity index (χ1) is 9.18. The largest absolute Gasteiger partial charge is 0.337 e. The summed E-state index contributed by atoms with van der Waals surface area (Å²) in [5, 5.41) is 6.26. The van der Waals surface area contributed by atoms with Crippen molar-refractivity contribution in [3.05, 3.63) is 29.8 Å². The molecule has 1 atom stereocenters. The second-order valence-electron chi connectivity index (χ2n) is 4.88. The highest BCUT2D eigenvalue weighted by Gasteiger charge is 2.21. The number of hydrogen-bond acceptors (Lipinski definition) is 3. The maximum Gasteiger partial charge on any atom is 0.316 e. The molecule has 0 radical (unpaired) electrons. The molecule has 1 aliphatic rings. The first-order valence-corrected chi connectivity index (χ1v) is 7.54. The number of nitrogens with one attached hydrogen (secondary N) is 2. The Bertz CT molecular complexity index is 436. The lowest BCUT2D eigenvalue weighted by Gasteiger charge is -2.14. The van der Waals surface area contributed by atoms with Gasteiger partial charge in [-0.05, 0) is 11.6 Å². The van der Waals surface area contributed by atoms with E-state index in [9.17, 15) is 4.79 Å². The minimum Gasteiger partial charge on any atom is -0.337 e. The number of hydrogen-bond donors (Lipinski definition) is 2. The third kappa shape index (κ3) is 3.88. The molecule has 1 aliphatic heterocycles. The van der Waals surface area contributed by atoms with Gasteiger partial charge < -0.3 is 15.5 Å². The van der Waals surface area contributed by atoms with Crippen LogP contribution in [0.2, 0.25) is 0 Å². The van der Waals surface area contributed by atoms with Crippen molar-refractivity contribution in [3.8, 4) is 0 Å². The molecule has 5 heteroatoms. The van der Waals surface area contributed by atoms with Crippen molar-refractivity contribution < 1.29 is 4.79 Å². The minimum atomic E-state index is -0.0384. The summed E-state index contributed by atoms with van der Waals surface area (Å²) in [6.07, 6.45) is 0. The standard InChI is InChI=1S/C14H21N3OS/c1-17(2)14(18)16-8-7-15-9-11-10-19-13-6-4-3-5-12(11)13/h3-6,11,15H,7-10H2,1-2H3,(H,16,18). The Morgan fingerprint density at radius 2 is 2.16 bits per heavy atom. The van der Waals surface area contributed by atoms with Crippen molar-refractivity contribution in [3.63, 3.8) is 0 Å². The van der Waals surface area contributed by atoms with Crippen LogP contribution in [0.1, 0.15) is 11.5 Å². The molecule has 19 heavy (non-hydrogen) atoms. The summed E-state index contributed by atoms with van der Waals surface area (Å²) in [6.45, 7) is 2.45. The number of carbonyl (C=O) groups excluding carboxylic acids is 1. The van der Waals surface area contributed by atoms with Gasteiger partial charge in [0.1, 0.15) is 0 Å². The predicted octanol–water partition coefficient (Wildman–Crippen LogP) is 1.74. The van der Waals surface area contributed by atoms with E-state index in [1.165, 1.54) is 10.5 Å². The summed E-state index contributed by atoms with van der Waals surface area (Å²) in [7, 11) is 3.49.